The van der Waals surface area contributed by atoms with Crippen LogP contribution >= 0.6 is 12.4 Å². The van der Waals surface area contributed by atoms with Crippen LogP contribution in [0.15, 0.2) is 6.07 Å². The third-order valence-corrected chi connectivity index (χ3v) is 3.77. The zero-order valence-corrected chi connectivity index (χ0v) is 11.9. The van der Waals surface area contributed by atoms with Crippen LogP contribution in [0.5, 0.6) is 11.5 Å². The maximum absolute atomic E-state index is 5.98. The fraction of sp³-hybridized carbons (Fsp3) is 0.571. The van der Waals surface area contributed by atoms with Crippen molar-refractivity contribution in [1.29, 1.82) is 0 Å². The van der Waals surface area contributed by atoms with Crippen molar-refractivity contribution in [2.45, 2.75) is 38.8 Å². The van der Waals surface area contributed by atoms with Crippen LogP contribution in [0.4, 0.5) is 0 Å². The SMILES string of the molecule is COc1cc2c(c3c1CCNC3C)OC(C)C2.Cl. The maximum atomic E-state index is 5.98. The summed E-state index contributed by atoms with van der Waals surface area (Å²) in [5.41, 5.74) is 3.94. The highest BCUT2D eigenvalue weighted by Crippen LogP contribution is 2.43. The first-order valence-electron chi connectivity index (χ1n) is 6.33. The summed E-state index contributed by atoms with van der Waals surface area (Å²) in [6.45, 7) is 5.34. The summed E-state index contributed by atoms with van der Waals surface area (Å²) >= 11 is 0. The summed E-state index contributed by atoms with van der Waals surface area (Å²) in [4.78, 5) is 0. The predicted octanol–water partition coefficient (Wildman–Crippen LogP) is 2.65. The van der Waals surface area contributed by atoms with Crippen molar-refractivity contribution in [2.75, 3.05) is 13.7 Å². The molecule has 100 valence electrons. The van der Waals surface area contributed by atoms with Gasteiger partial charge in [-0.15, -0.1) is 12.4 Å². The minimum absolute atomic E-state index is 0. The molecule has 1 N–H and O–H groups in total. The molecule has 2 aliphatic rings. The van der Waals surface area contributed by atoms with Gasteiger partial charge in [-0.1, -0.05) is 0 Å². The van der Waals surface area contributed by atoms with Gasteiger partial charge in [0.15, 0.2) is 0 Å². The highest BCUT2D eigenvalue weighted by Gasteiger charge is 2.31. The van der Waals surface area contributed by atoms with Crippen LogP contribution in [0.2, 0.25) is 0 Å². The van der Waals surface area contributed by atoms with E-state index in [4.69, 9.17) is 9.47 Å². The Morgan fingerprint density at radius 3 is 2.89 bits per heavy atom. The molecule has 0 aliphatic carbocycles. The summed E-state index contributed by atoms with van der Waals surface area (Å²) in [6, 6.07) is 2.52. The standard InChI is InChI=1S/C14H19NO2.ClH/c1-8-6-10-7-12(16-3)11-4-5-15-9(2)13(11)14(10)17-8;/h7-9,15H,4-6H2,1-3H3;1H. The summed E-state index contributed by atoms with van der Waals surface area (Å²) < 4.78 is 11.5. The molecule has 1 aromatic carbocycles. The van der Waals surface area contributed by atoms with Gasteiger partial charge in [0, 0.05) is 29.2 Å². The molecule has 2 unspecified atom stereocenters. The number of ether oxygens (including phenoxy) is 2. The molecular weight excluding hydrogens is 250 g/mol. The topological polar surface area (TPSA) is 30.5 Å². The fourth-order valence-electron chi connectivity index (χ4n) is 3.01. The monoisotopic (exact) mass is 269 g/mol. The lowest BCUT2D eigenvalue weighted by Crippen LogP contribution is -2.28. The number of methoxy groups -OCH3 is 1. The lowest BCUT2D eigenvalue weighted by atomic mass is 9.91. The van der Waals surface area contributed by atoms with E-state index < -0.39 is 0 Å². The molecule has 0 amide bonds. The highest BCUT2D eigenvalue weighted by molar-refractivity contribution is 5.85. The van der Waals surface area contributed by atoms with Crippen LogP contribution in [0.3, 0.4) is 0 Å². The number of hydrogen-bond donors (Lipinski definition) is 1. The van der Waals surface area contributed by atoms with Crippen LogP contribution in [0.1, 0.15) is 36.6 Å². The molecule has 2 atom stereocenters. The van der Waals surface area contributed by atoms with E-state index in [2.05, 4.69) is 25.2 Å². The zero-order chi connectivity index (χ0) is 12.0. The third kappa shape index (κ3) is 1.95. The van der Waals surface area contributed by atoms with Gasteiger partial charge in [0.2, 0.25) is 0 Å². The number of nitrogens with one attached hydrogen (secondary N) is 1. The average molecular weight is 270 g/mol. The van der Waals surface area contributed by atoms with E-state index in [9.17, 15) is 0 Å². The summed E-state index contributed by atoms with van der Waals surface area (Å²) in [7, 11) is 1.76. The first-order valence-corrected chi connectivity index (χ1v) is 6.33. The molecule has 0 spiro atoms. The smallest absolute Gasteiger partial charge is 0.128 e. The van der Waals surface area contributed by atoms with Gasteiger partial charge in [-0.3, -0.25) is 0 Å². The number of rotatable bonds is 1. The molecule has 0 aromatic heterocycles. The number of halogens is 1. The van der Waals surface area contributed by atoms with Crippen LogP contribution in [-0.4, -0.2) is 19.8 Å². The van der Waals surface area contributed by atoms with Gasteiger partial charge in [-0.2, -0.15) is 0 Å². The third-order valence-electron chi connectivity index (χ3n) is 3.77. The number of hydrogen-bond acceptors (Lipinski definition) is 3. The van der Waals surface area contributed by atoms with Gasteiger partial charge in [0.1, 0.15) is 17.6 Å². The van der Waals surface area contributed by atoms with Crippen molar-refractivity contribution in [3.05, 3.63) is 22.8 Å². The molecular formula is C14H20ClNO2. The number of fused-ring (bicyclic) bond motifs is 3. The lowest BCUT2D eigenvalue weighted by Gasteiger charge is -2.27. The average Bonchev–Trinajstić information content (AvgIpc) is 2.68. The Hall–Kier alpha value is -0.930. The highest BCUT2D eigenvalue weighted by atomic mass is 35.5. The molecule has 0 saturated carbocycles. The largest absolute Gasteiger partial charge is 0.496 e. The quantitative estimate of drug-likeness (QED) is 0.850. The van der Waals surface area contributed by atoms with E-state index in [0.29, 0.717) is 6.04 Å². The molecule has 0 bridgehead atoms. The van der Waals surface area contributed by atoms with E-state index in [1.165, 1.54) is 16.7 Å². The van der Waals surface area contributed by atoms with Gasteiger partial charge < -0.3 is 14.8 Å². The Kier molecular flexibility index (Phi) is 3.74. The zero-order valence-electron chi connectivity index (χ0n) is 11.1. The van der Waals surface area contributed by atoms with E-state index in [1.807, 2.05) is 0 Å². The van der Waals surface area contributed by atoms with E-state index >= 15 is 0 Å². The Bertz CT molecular complexity index is 462. The van der Waals surface area contributed by atoms with E-state index in [0.717, 1.165) is 30.9 Å². The molecule has 2 aliphatic heterocycles. The first kappa shape index (κ1) is 13.5. The van der Waals surface area contributed by atoms with Gasteiger partial charge in [-0.25, -0.2) is 0 Å². The predicted molar refractivity (Wildman–Crippen MR) is 74.2 cm³/mol. The second-order valence-electron chi connectivity index (χ2n) is 5.02. The fourth-order valence-corrected chi connectivity index (χ4v) is 3.01. The van der Waals surface area contributed by atoms with Crippen molar-refractivity contribution in [1.82, 2.24) is 5.32 Å². The van der Waals surface area contributed by atoms with Crippen molar-refractivity contribution in [3.8, 4) is 11.5 Å². The van der Waals surface area contributed by atoms with Crippen LogP contribution < -0.4 is 14.8 Å². The molecule has 0 fully saturated rings. The minimum atomic E-state index is 0. The summed E-state index contributed by atoms with van der Waals surface area (Å²) in [5, 5.41) is 3.50. The lowest BCUT2D eigenvalue weighted by molar-refractivity contribution is 0.249. The van der Waals surface area contributed by atoms with Crippen molar-refractivity contribution < 1.29 is 9.47 Å². The van der Waals surface area contributed by atoms with Gasteiger partial charge in [-0.05, 0) is 32.9 Å². The Morgan fingerprint density at radius 1 is 1.39 bits per heavy atom. The van der Waals surface area contributed by atoms with Gasteiger partial charge >= 0.3 is 0 Å². The van der Waals surface area contributed by atoms with Crippen molar-refractivity contribution >= 4 is 12.4 Å². The van der Waals surface area contributed by atoms with Crippen LogP contribution in [0.25, 0.3) is 0 Å². The van der Waals surface area contributed by atoms with Crippen LogP contribution in [0, 0.1) is 0 Å². The summed E-state index contributed by atoms with van der Waals surface area (Å²) in [5.74, 6) is 2.14. The molecule has 3 rings (SSSR count). The Balaban J connectivity index is 0.00000120. The molecule has 0 saturated heterocycles. The summed E-state index contributed by atoms with van der Waals surface area (Å²) in [6.07, 6.45) is 2.30. The van der Waals surface area contributed by atoms with Gasteiger partial charge in [0.05, 0.1) is 7.11 Å². The van der Waals surface area contributed by atoms with E-state index in [1.54, 1.807) is 7.11 Å². The van der Waals surface area contributed by atoms with Gasteiger partial charge in [0.25, 0.3) is 0 Å². The van der Waals surface area contributed by atoms with Crippen LogP contribution in [-0.2, 0) is 12.8 Å². The first-order chi connectivity index (χ1) is 8.20. The molecule has 0 radical (unpaired) electrons. The molecule has 18 heavy (non-hydrogen) atoms. The minimum Gasteiger partial charge on any atom is -0.496 e. The second-order valence-corrected chi connectivity index (χ2v) is 5.02. The molecule has 1 aromatic rings. The van der Waals surface area contributed by atoms with E-state index in [-0.39, 0.29) is 18.5 Å². The molecule has 3 nitrogen and oxygen atoms in total. The van der Waals surface area contributed by atoms with Crippen molar-refractivity contribution in [2.24, 2.45) is 0 Å². The van der Waals surface area contributed by atoms with Crippen molar-refractivity contribution in [3.63, 3.8) is 0 Å². The Morgan fingerprint density at radius 2 is 2.17 bits per heavy atom. The molecule has 4 heteroatoms. The molecule has 2 heterocycles. The number of benzene rings is 1. The normalized spacial score (nSPS) is 24.6. The second kappa shape index (κ2) is 4.98. The maximum Gasteiger partial charge on any atom is 0.128 e. The Labute approximate surface area is 114 Å².